The highest BCUT2D eigenvalue weighted by Crippen LogP contribution is 2.41. The minimum Gasteiger partial charge on any atom is -0.496 e. The summed E-state index contributed by atoms with van der Waals surface area (Å²) in [4.78, 5) is 24.0. The van der Waals surface area contributed by atoms with Crippen LogP contribution < -0.4 is 4.74 Å². The van der Waals surface area contributed by atoms with Crippen LogP contribution in [0.1, 0.15) is 23.5 Å². The molecule has 2 rings (SSSR count). The molecule has 0 spiro atoms. The summed E-state index contributed by atoms with van der Waals surface area (Å²) in [6, 6.07) is 5.51. The van der Waals surface area contributed by atoms with E-state index >= 15 is 0 Å². The van der Waals surface area contributed by atoms with Crippen molar-refractivity contribution in [2.75, 3.05) is 21.3 Å². The third-order valence-corrected chi connectivity index (χ3v) is 3.79. The van der Waals surface area contributed by atoms with Crippen molar-refractivity contribution in [3.8, 4) is 5.75 Å². The lowest BCUT2D eigenvalue weighted by molar-refractivity contribution is -0.154. The highest BCUT2D eigenvalue weighted by molar-refractivity contribution is 5.87. The molecule has 0 aromatic heterocycles. The zero-order valence-electron chi connectivity index (χ0n) is 11.8. The van der Waals surface area contributed by atoms with Crippen molar-refractivity contribution in [2.45, 2.75) is 18.8 Å². The van der Waals surface area contributed by atoms with Crippen LogP contribution in [-0.4, -0.2) is 33.3 Å². The number of rotatable bonds is 3. The van der Waals surface area contributed by atoms with E-state index in [1.165, 1.54) is 14.2 Å². The first-order valence-corrected chi connectivity index (χ1v) is 6.45. The van der Waals surface area contributed by atoms with Crippen LogP contribution in [0.3, 0.4) is 0 Å². The number of ether oxygens (including phenoxy) is 3. The summed E-state index contributed by atoms with van der Waals surface area (Å²) in [7, 11) is 4.25. The molecule has 0 heterocycles. The second-order valence-electron chi connectivity index (χ2n) is 4.70. The van der Waals surface area contributed by atoms with Gasteiger partial charge in [-0.25, -0.2) is 0 Å². The summed E-state index contributed by atoms with van der Waals surface area (Å²) < 4.78 is 15.0. The van der Waals surface area contributed by atoms with Gasteiger partial charge in [0.2, 0.25) is 0 Å². The minimum atomic E-state index is -0.633. The minimum absolute atomic E-state index is 0.381. The van der Waals surface area contributed by atoms with E-state index in [1.54, 1.807) is 7.11 Å². The average Bonchev–Trinajstić information content (AvgIpc) is 2.51. The molecule has 0 amide bonds. The molecule has 1 aliphatic rings. The van der Waals surface area contributed by atoms with Crippen molar-refractivity contribution in [1.29, 1.82) is 0 Å². The second kappa shape index (κ2) is 5.94. The van der Waals surface area contributed by atoms with Crippen LogP contribution in [0, 0.1) is 5.92 Å². The largest absolute Gasteiger partial charge is 0.496 e. The molecule has 20 heavy (non-hydrogen) atoms. The van der Waals surface area contributed by atoms with E-state index < -0.39 is 17.8 Å². The number of hydrogen-bond donors (Lipinski definition) is 0. The van der Waals surface area contributed by atoms with Gasteiger partial charge in [-0.05, 0) is 30.0 Å². The lowest BCUT2D eigenvalue weighted by Gasteiger charge is -2.30. The van der Waals surface area contributed by atoms with E-state index in [4.69, 9.17) is 14.2 Å². The zero-order valence-corrected chi connectivity index (χ0v) is 11.8. The second-order valence-corrected chi connectivity index (χ2v) is 4.70. The van der Waals surface area contributed by atoms with Crippen molar-refractivity contribution in [3.63, 3.8) is 0 Å². The number of fused-ring (bicyclic) bond motifs is 1. The standard InChI is InChI=1S/C15H18O5/c1-18-12-6-4-5-10-9(12)7-8-11(14(16)19-2)13(10)15(17)20-3/h4-6,11,13H,7-8H2,1-3H3/t11-,13+/m1/s1. The molecule has 1 aromatic carbocycles. The van der Waals surface area contributed by atoms with Crippen molar-refractivity contribution in [1.82, 2.24) is 0 Å². The Balaban J connectivity index is 2.50. The monoisotopic (exact) mass is 278 g/mol. The SMILES string of the molecule is COC(=O)[C@@H]1CCc2c(OC)cccc2[C@@H]1C(=O)OC. The van der Waals surface area contributed by atoms with Gasteiger partial charge in [-0.3, -0.25) is 9.59 Å². The predicted octanol–water partition coefficient (Wildman–Crippen LogP) is 1.69. The fourth-order valence-corrected chi connectivity index (χ4v) is 2.84. The van der Waals surface area contributed by atoms with Gasteiger partial charge in [0, 0.05) is 0 Å². The Kier molecular flexibility index (Phi) is 4.27. The van der Waals surface area contributed by atoms with Gasteiger partial charge in [-0.15, -0.1) is 0 Å². The zero-order chi connectivity index (χ0) is 14.7. The van der Waals surface area contributed by atoms with Gasteiger partial charge in [-0.1, -0.05) is 12.1 Å². The summed E-state index contributed by atoms with van der Waals surface area (Å²) in [6.45, 7) is 0. The Morgan fingerprint density at radius 2 is 1.80 bits per heavy atom. The molecule has 0 unspecified atom stereocenters. The van der Waals surface area contributed by atoms with E-state index in [1.807, 2.05) is 18.2 Å². The Labute approximate surface area is 117 Å². The van der Waals surface area contributed by atoms with Crippen LogP contribution in [0.5, 0.6) is 5.75 Å². The van der Waals surface area contributed by atoms with Gasteiger partial charge in [0.15, 0.2) is 0 Å². The summed E-state index contributed by atoms with van der Waals surface area (Å²) in [5, 5.41) is 0. The fourth-order valence-electron chi connectivity index (χ4n) is 2.84. The normalized spacial score (nSPS) is 20.8. The molecule has 0 saturated heterocycles. The molecule has 2 atom stereocenters. The molecular weight excluding hydrogens is 260 g/mol. The van der Waals surface area contributed by atoms with E-state index in [-0.39, 0.29) is 5.97 Å². The van der Waals surface area contributed by atoms with Crippen LogP contribution in [0.4, 0.5) is 0 Å². The Morgan fingerprint density at radius 1 is 1.10 bits per heavy atom. The molecule has 5 nitrogen and oxygen atoms in total. The third kappa shape index (κ3) is 2.35. The number of esters is 2. The van der Waals surface area contributed by atoms with Crippen molar-refractivity contribution in [3.05, 3.63) is 29.3 Å². The molecule has 0 fully saturated rings. The highest BCUT2D eigenvalue weighted by atomic mass is 16.5. The number of carbonyl (C=O) groups is 2. The Bertz CT molecular complexity index is 523. The van der Waals surface area contributed by atoms with Crippen molar-refractivity contribution in [2.24, 2.45) is 5.92 Å². The molecule has 0 N–H and O–H groups in total. The molecule has 1 aromatic rings. The fraction of sp³-hybridized carbons (Fsp3) is 0.467. The molecule has 0 radical (unpaired) electrons. The van der Waals surface area contributed by atoms with E-state index in [0.717, 1.165) is 16.9 Å². The topological polar surface area (TPSA) is 61.8 Å². The van der Waals surface area contributed by atoms with Gasteiger partial charge in [0.1, 0.15) is 5.75 Å². The highest BCUT2D eigenvalue weighted by Gasteiger charge is 2.41. The van der Waals surface area contributed by atoms with Crippen LogP contribution in [-0.2, 0) is 25.5 Å². The van der Waals surface area contributed by atoms with Crippen molar-refractivity contribution >= 4 is 11.9 Å². The lowest BCUT2D eigenvalue weighted by Crippen LogP contribution is -2.34. The number of methoxy groups -OCH3 is 3. The summed E-state index contributed by atoms with van der Waals surface area (Å²) >= 11 is 0. The average molecular weight is 278 g/mol. The maximum Gasteiger partial charge on any atom is 0.314 e. The Morgan fingerprint density at radius 3 is 2.40 bits per heavy atom. The molecule has 108 valence electrons. The predicted molar refractivity (Wildman–Crippen MR) is 71.6 cm³/mol. The lowest BCUT2D eigenvalue weighted by atomic mass is 9.74. The van der Waals surface area contributed by atoms with E-state index in [9.17, 15) is 9.59 Å². The van der Waals surface area contributed by atoms with Crippen molar-refractivity contribution < 1.29 is 23.8 Å². The van der Waals surface area contributed by atoms with E-state index in [2.05, 4.69) is 0 Å². The van der Waals surface area contributed by atoms with Gasteiger partial charge in [-0.2, -0.15) is 0 Å². The van der Waals surface area contributed by atoms with Crippen LogP contribution >= 0.6 is 0 Å². The first kappa shape index (κ1) is 14.4. The van der Waals surface area contributed by atoms with Gasteiger partial charge in [0.05, 0.1) is 33.2 Å². The molecule has 0 aliphatic heterocycles. The maximum atomic E-state index is 12.1. The molecule has 0 bridgehead atoms. The van der Waals surface area contributed by atoms with Crippen LogP contribution in [0.25, 0.3) is 0 Å². The first-order valence-electron chi connectivity index (χ1n) is 6.45. The molecule has 1 aliphatic carbocycles. The quantitative estimate of drug-likeness (QED) is 0.787. The van der Waals surface area contributed by atoms with Gasteiger partial charge < -0.3 is 14.2 Å². The summed E-state index contributed by atoms with van der Waals surface area (Å²) in [6.07, 6.45) is 1.21. The van der Waals surface area contributed by atoms with Crippen LogP contribution in [0.2, 0.25) is 0 Å². The molecule has 5 heteroatoms. The third-order valence-electron chi connectivity index (χ3n) is 3.79. The maximum absolute atomic E-state index is 12.1. The van der Waals surface area contributed by atoms with Gasteiger partial charge >= 0.3 is 11.9 Å². The van der Waals surface area contributed by atoms with E-state index in [0.29, 0.717) is 12.8 Å². The summed E-state index contributed by atoms with van der Waals surface area (Å²) in [5.74, 6) is -1.21. The number of carbonyl (C=O) groups excluding carboxylic acids is 2. The smallest absolute Gasteiger partial charge is 0.314 e. The molecular formula is C15H18O5. The number of benzene rings is 1. The first-order chi connectivity index (χ1) is 9.63. The number of hydrogen-bond acceptors (Lipinski definition) is 5. The van der Waals surface area contributed by atoms with Crippen LogP contribution in [0.15, 0.2) is 18.2 Å². The molecule has 0 saturated carbocycles. The summed E-state index contributed by atoms with van der Waals surface area (Å²) in [5.41, 5.74) is 1.75. The Hall–Kier alpha value is -2.04. The van der Waals surface area contributed by atoms with Gasteiger partial charge in [0.25, 0.3) is 0 Å².